The summed E-state index contributed by atoms with van der Waals surface area (Å²) in [4.78, 5) is 2.51. The van der Waals surface area contributed by atoms with Crippen LogP contribution in [0.5, 0.6) is 0 Å². The van der Waals surface area contributed by atoms with E-state index in [-0.39, 0.29) is 5.41 Å². The quantitative estimate of drug-likeness (QED) is 0.868. The van der Waals surface area contributed by atoms with E-state index in [9.17, 15) is 0 Å². The standard InChI is InChI=1S/C15H24N2/c1-12-8-13-6-4-5-7-14(13)17(9-12)11-15(2,3)10-16/h4-7,12H,8-11,16H2,1-3H3. The van der Waals surface area contributed by atoms with E-state index in [0.717, 1.165) is 25.6 Å². The molecular weight excluding hydrogens is 208 g/mol. The molecule has 1 aliphatic rings. The SMILES string of the molecule is CC1Cc2ccccc2N(CC(C)(C)CN)C1. The molecule has 0 bridgehead atoms. The van der Waals surface area contributed by atoms with Crippen molar-refractivity contribution in [3.8, 4) is 0 Å². The maximum atomic E-state index is 5.85. The lowest BCUT2D eigenvalue weighted by Crippen LogP contribution is -2.43. The zero-order valence-electron chi connectivity index (χ0n) is 11.2. The van der Waals surface area contributed by atoms with Crippen LogP contribution in [0, 0.1) is 11.3 Å². The molecule has 2 rings (SSSR count). The Morgan fingerprint density at radius 3 is 2.76 bits per heavy atom. The van der Waals surface area contributed by atoms with Gasteiger partial charge in [0.25, 0.3) is 0 Å². The van der Waals surface area contributed by atoms with Gasteiger partial charge in [-0.2, -0.15) is 0 Å². The highest BCUT2D eigenvalue weighted by molar-refractivity contribution is 5.55. The van der Waals surface area contributed by atoms with Crippen molar-refractivity contribution < 1.29 is 0 Å². The van der Waals surface area contributed by atoms with Crippen molar-refractivity contribution >= 4 is 5.69 Å². The molecule has 0 radical (unpaired) electrons. The number of fused-ring (bicyclic) bond motifs is 1. The lowest BCUT2D eigenvalue weighted by atomic mass is 9.88. The Hall–Kier alpha value is -1.02. The fourth-order valence-corrected chi connectivity index (χ4v) is 2.64. The molecule has 1 aromatic rings. The molecule has 0 aliphatic carbocycles. The van der Waals surface area contributed by atoms with Crippen LogP contribution in [-0.2, 0) is 6.42 Å². The highest BCUT2D eigenvalue weighted by Crippen LogP contribution is 2.31. The molecule has 2 heteroatoms. The molecule has 0 aromatic heterocycles. The van der Waals surface area contributed by atoms with Crippen LogP contribution in [0.25, 0.3) is 0 Å². The summed E-state index contributed by atoms with van der Waals surface area (Å²) in [6.07, 6.45) is 1.20. The minimum absolute atomic E-state index is 0.185. The van der Waals surface area contributed by atoms with Crippen LogP contribution in [0.15, 0.2) is 24.3 Å². The number of rotatable bonds is 3. The van der Waals surface area contributed by atoms with E-state index in [0.29, 0.717) is 0 Å². The summed E-state index contributed by atoms with van der Waals surface area (Å²) in [6.45, 7) is 9.76. The molecule has 1 heterocycles. The maximum Gasteiger partial charge on any atom is 0.0399 e. The second kappa shape index (κ2) is 4.69. The van der Waals surface area contributed by atoms with Crippen LogP contribution in [0.1, 0.15) is 26.3 Å². The molecule has 0 amide bonds. The first kappa shape index (κ1) is 12.4. The second-order valence-electron chi connectivity index (χ2n) is 6.19. The molecule has 1 atom stereocenters. The third kappa shape index (κ3) is 2.81. The zero-order chi connectivity index (χ0) is 12.5. The molecule has 0 saturated heterocycles. The largest absolute Gasteiger partial charge is 0.370 e. The molecule has 0 fully saturated rings. The Balaban J connectivity index is 2.24. The minimum atomic E-state index is 0.185. The summed E-state index contributed by atoms with van der Waals surface area (Å²) in [6, 6.07) is 8.78. The molecule has 17 heavy (non-hydrogen) atoms. The van der Waals surface area contributed by atoms with Crippen LogP contribution in [0.3, 0.4) is 0 Å². The summed E-state index contributed by atoms with van der Waals surface area (Å²) in [5.74, 6) is 0.735. The van der Waals surface area contributed by atoms with Gasteiger partial charge >= 0.3 is 0 Å². The summed E-state index contributed by atoms with van der Waals surface area (Å²) < 4.78 is 0. The van der Waals surface area contributed by atoms with Crippen molar-refractivity contribution in [1.29, 1.82) is 0 Å². The van der Waals surface area contributed by atoms with E-state index < -0.39 is 0 Å². The van der Waals surface area contributed by atoms with Crippen molar-refractivity contribution in [2.75, 3.05) is 24.5 Å². The molecule has 1 unspecified atom stereocenters. The van der Waals surface area contributed by atoms with E-state index >= 15 is 0 Å². The molecular formula is C15H24N2. The number of benzene rings is 1. The molecule has 1 aromatic carbocycles. The summed E-state index contributed by atoms with van der Waals surface area (Å²) in [5, 5.41) is 0. The van der Waals surface area contributed by atoms with Gasteiger partial charge in [-0.05, 0) is 35.9 Å². The van der Waals surface area contributed by atoms with Crippen molar-refractivity contribution in [2.24, 2.45) is 17.1 Å². The molecule has 0 saturated carbocycles. The van der Waals surface area contributed by atoms with E-state index in [1.807, 2.05) is 0 Å². The lowest BCUT2D eigenvalue weighted by molar-refractivity contribution is 0.363. The average Bonchev–Trinajstić information content (AvgIpc) is 2.28. The fraction of sp³-hybridized carbons (Fsp3) is 0.600. The van der Waals surface area contributed by atoms with Gasteiger partial charge in [0.2, 0.25) is 0 Å². The monoisotopic (exact) mass is 232 g/mol. The number of para-hydroxylation sites is 1. The molecule has 0 spiro atoms. The Morgan fingerprint density at radius 1 is 1.35 bits per heavy atom. The van der Waals surface area contributed by atoms with Crippen LogP contribution in [0.4, 0.5) is 5.69 Å². The van der Waals surface area contributed by atoms with Crippen molar-refractivity contribution in [2.45, 2.75) is 27.2 Å². The minimum Gasteiger partial charge on any atom is -0.370 e. The Bertz CT molecular complexity index is 384. The predicted octanol–water partition coefficient (Wildman–Crippen LogP) is 2.67. The van der Waals surface area contributed by atoms with Gasteiger partial charge in [-0.1, -0.05) is 39.0 Å². The molecule has 94 valence electrons. The van der Waals surface area contributed by atoms with Crippen LogP contribution >= 0.6 is 0 Å². The van der Waals surface area contributed by atoms with E-state index in [2.05, 4.69) is 49.9 Å². The number of nitrogens with zero attached hydrogens (tertiary/aromatic N) is 1. The number of hydrogen-bond donors (Lipinski definition) is 1. The van der Waals surface area contributed by atoms with Gasteiger partial charge in [0, 0.05) is 18.8 Å². The molecule has 1 aliphatic heterocycles. The first-order valence-corrected chi connectivity index (χ1v) is 6.55. The molecule has 2 N–H and O–H groups in total. The van der Waals surface area contributed by atoms with Gasteiger partial charge in [0.05, 0.1) is 0 Å². The topological polar surface area (TPSA) is 29.3 Å². The number of anilines is 1. The van der Waals surface area contributed by atoms with E-state index in [4.69, 9.17) is 5.73 Å². The summed E-state index contributed by atoms with van der Waals surface area (Å²) >= 11 is 0. The van der Waals surface area contributed by atoms with Gasteiger partial charge in [-0.15, -0.1) is 0 Å². The van der Waals surface area contributed by atoms with Gasteiger partial charge in [-0.3, -0.25) is 0 Å². The third-order valence-corrected chi connectivity index (χ3v) is 3.60. The highest BCUT2D eigenvalue weighted by Gasteiger charge is 2.26. The first-order chi connectivity index (χ1) is 8.02. The van der Waals surface area contributed by atoms with Crippen molar-refractivity contribution in [3.05, 3.63) is 29.8 Å². The van der Waals surface area contributed by atoms with Gasteiger partial charge < -0.3 is 10.6 Å². The Kier molecular flexibility index (Phi) is 3.43. The van der Waals surface area contributed by atoms with Crippen molar-refractivity contribution in [1.82, 2.24) is 0 Å². The van der Waals surface area contributed by atoms with Gasteiger partial charge in [-0.25, -0.2) is 0 Å². The lowest BCUT2D eigenvalue weighted by Gasteiger charge is -2.39. The van der Waals surface area contributed by atoms with Crippen LogP contribution in [0.2, 0.25) is 0 Å². The van der Waals surface area contributed by atoms with E-state index in [1.165, 1.54) is 17.7 Å². The van der Waals surface area contributed by atoms with Crippen LogP contribution in [-0.4, -0.2) is 19.6 Å². The zero-order valence-corrected chi connectivity index (χ0v) is 11.2. The third-order valence-electron chi connectivity index (χ3n) is 3.60. The number of nitrogens with two attached hydrogens (primary N) is 1. The summed E-state index contributed by atoms with van der Waals surface area (Å²) in [5.41, 5.74) is 8.93. The van der Waals surface area contributed by atoms with Crippen molar-refractivity contribution in [3.63, 3.8) is 0 Å². The second-order valence-corrected chi connectivity index (χ2v) is 6.19. The predicted molar refractivity (Wildman–Crippen MR) is 74.4 cm³/mol. The molecule has 2 nitrogen and oxygen atoms in total. The number of hydrogen-bond acceptors (Lipinski definition) is 2. The fourth-order valence-electron chi connectivity index (χ4n) is 2.64. The smallest absolute Gasteiger partial charge is 0.0399 e. The van der Waals surface area contributed by atoms with E-state index in [1.54, 1.807) is 0 Å². The van der Waals surface area contributed by atoms with Crippen LogP contribution < -0.4 is 10.6 Å². The summed E-state index contributed by atoms with van der Waals surface area (Å²) in [7, 11) is 0. The Morgan fingerprint density at radius 2 is 2.06 bits per heavy atom. The normalized spacial score (nSPS) is 20.2. The Labute approximate surface area is 105 Å². The van der Waals surface area contributed by atoms with Gasteiger partial charge in [0.15, 0.2) is 0 Å². The highest BCUT2D eigenvalue weighted by atomic mass is 15.1. The maximum absolute atomic E-state index is 5.85. The van der Waals surface area contributed by atoms with Gasteiger partial charge in [0.1, 0.15) is 0 Å². The first-order valence-electron chi connectivity index (χ1n) is 6.55. The average molecular weight is 232 g/mol.